The topological polar surface area (TPSA) is 82.2 Å². The van der Waals surface area contributed by atoms with E-state index in [1.807, 2.05) is 23.6 Å². The molecule has 2 heterocycles. The number of hydrogen-bond donors (Lipinski definition) is 3. The first-order valence-corrected chi connectivity index (χ1v) is 8.17. The van der Waals surface area contributed by atoms with Gasteiger partial charge < -0.3 is 10.1 Å². The van der Waals surface area contributed by atoms with Crippen molar-refractivity contribution in [1.29, 1.82) is 0 Å². The Bertz CT molecular complexity index is 837. The molecule has 0 aliphatic carbocycles. The van der Waals surface area contributed by atoms with Crippen LogP contribution in [0.3, 0.4) is 0 Å². The lowest BCUT2D eigenvalue weighted by molar-refractivity contribution is 0.0691. The molecule has 5 nitrogen and oxygen atoms in total. The standard InChI is InChI=1S/C14H12N2O3S2/c1-8-9-4-2-5-10(13(9)15-12(8)14(17)18)16-21(19)11-6-3-7-20-11/h2-7,15-16H,1H3,(H,17,18). The zero-order valence-electron chi connectivity index (χ0n) is 11.0. The fourth-order valence-corrected chi connectivity index (χ4v) is 3.93. The summed E-state index contributed by atoms with van der Waals surface area (Å²) >= 11 is 1.40. The molecule has 3 aromatic rings. The average molecular weight is 320 g/mol. The van der Waals surface area contributed by atoms with Crippen LogP contribution >= 0.6 is 11.3 Å². The van der Waals surface area contributed by atoms with E-state index in [2.05, 4.69) is 9.71 Å². The summed E-state index contributed by atoms with van der Waals surface area (Å²) in [6.45, 7) is 1.75. The number of aromatic amines is 1. The lowest BCUT2D eigenvalue weighted by Crippen LogP contribution is -2.03. The van der Waals surface area contributed by atoms with Crippen molar-refractivity contribution in [2.75, 3.05) is 4.72 Å². The van der Waals surface area contributed by atoms with Crippen LogP contribution in [-0.2, 0) is 11.0 Å². The minimum Gasteiger partial charge on any atom is -0.477 e. The number of para-hydroxylation sites is 1. The number of aromatic nitrogens is 1. The molecule has 2 aromatic heterocycles. The first kappa shape index (κ1) is 13.8. The molecule has 0 saturated carbocycles. The van der Waals surface area contributed by atoms with Gasteiger partial charge in [0.1, 0.15) is 9.90 Å². The van der Waals surface area contributed by atoms with E-state index in [0.717, 1.165) is 5.39 Å². The Balaban J connectivity index is 2.05. The molecular formula is C14H12N2O3S2. The Morgan fingerprint density at radius 3 is 2.81 bits per heavy atom. The van der Waals surface area contributed by atoms with Crippen molar-refractivity contribution in [1.82, 2.24) is 4.98 Å². The van der Waals surface area contributed by atoms with Gasteiger partial charge >= 0.3 is 5.97 Å². The van der Waals surface area contributed by atoms with Crippen molar-refractivity contribution in [2.45, 2.75) is 11.1 Å². The summed E-state index contributed by atoms with van der Waals surface area (Å²) in [7, 11) is -1.37. The van der Waals surface area contributed by atoms with Crippen LogP contribution in [0.5, 0.6) is 0 Å². The second kappa shape index (κ2) is 5.34. The van der Waals surface area contributed by atoms with E-state index in [0.29, 0.717) is 21.0 Å². The molecule has 1 aromatic carbocycles. The summed E-state index contributed by atoms with van der Waals surface area (Å²) < 4.78 is 15.9. The minimum atomic E-state index is -1.37. The SMILES string of the molecule is Cc1c(C(=O)O)[nH]c2c(NS(=O)c3cccs3)cccc12. The van der Waals surface area contributed by atoms with E-state index in [9.17, 15) is 14.1 Å². The van der Waals surface area contributed by atoms with Gasteiger partial charge in [0.05, 0.1) is 11.2 Å². The van der Waals surface area contributed by atoms with Crippen LogP contribution in [0, 0.1) is 6.92 Å². The van der Waals surface area contributed by atoms with Crippen molar-refractivity contribution in [3.63, 3.8) is 0 Å². The molecule has 108 valence electrons. The summed E-state index contributed by atoms with van der Waals surface area (Å²) in [6.07, 6.45) is 0. The molecule has 0 saturated heterocycles. The highest BCUT2D eigenvalue weighted by atomic mass is 32.2. The number of carboxylic acids is 1. The number of fused-ring (bicyclic) bond motifs is 1. The first-order valence-electron chi connectivity index (χ1n) is 6.14. The van der Waals surface area contributed by atoms with Crippen LogP contribution < -0.4 is 4.72 Å². The summed E-state index contributed by atoms with van der Waals surface area (Å²) in [6, 6.07) is 9.04. The highest BCUT2D eigenvalue weighted by molar-refractivity contribution is 7.88. The Kier molecular flexibility index (Phi) is 3.52. The van der Waals surface area contributed by atoms with E-state index >= 15 is 0 Å². The second-order valence-electron chi connectivity index (χ2n) is 4.46. The summed E-state index contributed by atoms with van der Waals surface area (Å²) in [5.41, 5.74) is 2.09. The number of aryl methyl sites for hydroxylation is 1. The van der Waals surface area contributed by atoms with Gasteiger partial charge in [-0.3, -0.25) is 4.72 Å². The van der Waals surface area contributed by atoms with Crippen LogP contribution in [0.2, 0.25) is 0 Å². The third kappa shape index (κ3) is 2.45. The minimum absolute atomic E-state index is 0.154. The first-order chi connectivity index (χ1) is 10.1. The van der Waals surface area contributed by atoms with Crippen molar-refractivity contribution in [2.24, 2.45) is 0 Å². The number of carboxylic acid groups (broad SMARTS) is 1. The maximum atomic E-state index is 12.2. The molecule has 21 heavy (non-hydrogen) atoms. The van der Waals surface area contributed by atoms with Crippen LogP contribution in [0.4, 0.5) is 5.69 Å². The third-order valence-electron chi connectivity index (χ3n) is 3.19. The Labute approximate surface area is 127 Å². The Hall–Kier alpha value is -2.12. The lowest BCUT2D eigenvalue weighted by atomic mass is 10.1. The molecule has 1 atom stereocenters. The number of thiophene rings is 1. The Morgan fingerprint density at radius 2 is 2.14 bits per heavy atom. The van der Waals surface area contributed by atoms with Crippen molar-refractivity contribution in [3.8, 4) is 0 Å². The second-order valence-corrected chi connectivity index (χ2v) is 6.85. The number of carbonyl (C=O) groups is 1. The van der Waals surface area contributed by atoms with Crippen LogP contribution in [0.25, 0.3) is 10.9 Å². The highest BCUT2D eigenvalue weighted by Gasteiger charge is 2.16. The van der Waals surface area contributed by atoms with E-state index in [1.165, 1.54) is 11.3 Å². The fourth-order valence-electron chi connectivity index (χ4n) is 2.17. The van der Waals surface area contributed by atoms with E-state index < -0.39 is 17.0 Å². The van der Waals surface area contributed by atoms with Crippen LogP contribution in [-0.4, -0.2) is 20.3 Å². The number of hydrogen-bond acceptors (Lipinski definition) is 3. The predicted molar refractivity (Wildman–Crippen MR) is 84.3 cm³/mol. The lowest BCUT2D eigenvalue weighted by Gasteiger charge is -2.05. The molecule has 0 amide bonds. The normalized spacial score (nSPS) is 12.4. The number of H-pyrrole nitrogens is 1. The molecule has 3 N–H and O–H groups in total. The van der Waals surface area contributed by atoms with E-state index in [1.54, 1.807) is 19.1 Å². The molecule has 1 unspecified atom stereocenters. The maximum Gasteiger partial charge on any atom is 0.352 e. The van der Waals surface area contributed by atoms with Gasteiger partial charge in [-0.25, -0.2) is 9.00 Å². The van der Waals surface area contributed by atoms with Gasteiger partial charge in [-0.1, -0.05) is 18.2 Å². The van der Waals surface area contributed by atoms with Gasteiger partial charge in [-0.15, -0.1) is 11.3 Å². The van der Waals surface area contributed by atoms with Gasteiger partial charge in [-0.05, 0) is 30.0 Å². The largest absolute Gasteiger partial charge is 0.477 e. The van der Waals surface area contributed by atoms with Crippen molar-refractivity contribution in [3.05, 3.63) is 47.0 Å². The van der Waals surface area contributed by atoms with Crippen LogP contribution in [0.1, 0.15) is 16.1 Å². The molecule has 0 spiro atoms. The number of nitrogens with one attached hydrogen (secondary N) is 2. The summed E-state index contributed by atoms with van der Waals surface area (Å²) in [5, 5.41) is 11.8. The van der Waals surface area contributed by atoms with Crippen molar-refractivity contribution >= 4 is 44.9 Å². The van der Waals surface area contributed by atoms with E-state index in [-0.39, 0.29) is 5.69 Å². The number of anilines is 1. The molecule has 0 radical (unpaired) electrons. The van der Waals surface area contributed by atoms with Gasteiger partial charge in [-0.2, -0.15) is 0 Å². The molecular weight excluding hydrogens is 308 g/mol. The van der Waals surface area contributed by atoms with Gasteiger partial charge in [0.25, 0.3) is 0 Å². The van der Waals surface area contributed by atoms with E-state index in [4.69, 9.17) is 0 Å². The smallest absolute Gasteiger partial charge is 0.352 e. The molecule has 7 heteroatoms. The number of rotatable bonds is 4. The molecule has 3 rings (SSSR count). The zero-order chi connectivity index (χ0) is 15.0. The summed E-state index contributed by atoms with van der Waals surface area (Å²) in [4.78, 5) is 14.1. The van der Waals surface area contributed by atoms with Crippen LogP contribution in [0.15, 0.2) is 39.9 Å². The average Bonchev–Trinajstić information content (AvgIpc) is 3.08. The quantitative estimate of drug-likeness (QED) is 0.689. The summed E-state index contributed by atoms with van der Waals surface area (Å²) in [5.74, 6) is -1.01. The fraction of sp³-hybridized carbons (Fsp3) is 0.0714. The number of benzene rings is 1. The Morgan fingerprint density at radius 1 is 1.33 bits per heavy atom. The highest BCUT2D eigenvalue weighted by Crippen LogP contribution is 2.29. The molecule has 0 aliphatic rings. The maximum absolute atomic E-state index is 12.2. The van der Waals surface area contributed by atoms with Gasteiger partial charge in [0.2, 0.25) is 0 Å². The van der Waals surface area contributed by atoms with Gasteiger partial charge in [0, 0.05) is 5.39 Å². The predicted octanol–water partition coefficient (Wildman–Crippen LogP) is 3.37. The molecule has 0 bridgehead atoms. The monoisotopic (exact) mass is 320 g/mol. The zero-order valence-corrected chi connectivity index (χ0v) is 12.7. The van der Waals surface area contributed by atoms with Crippen molar-refractivity contribution < 1.29 is 14.1 Å². The molecule has 0 aliphatic heterocycles. The molecule has 0 fully saturated rings. The van der Waals surface area contributed by atoms with Gasteiger partial charge in [0.15, 0.2) is 11.0 Å². The third-order valence-corrected chi connectivity index (χ3v) is 5.50. The number of aromatic carboxylic acids is 1.